The summed E-state index contributed by atoms with van der Waals surface area (Å²) in [5.41, 5.74) is 0.814. The molecule has 1 aliphatic heterocycles. The first kappa shape index (κ1) is 16.0. The fourth-order valence-corrected chi connectivity index (χ4v) is 2.85. The first-order valence-electron chi connectivity index (χ1n) is 7.83. The van der Waals surface area contributed by atoms with Crippen molar-refractivity contribution >= 4 is 5.91 Å². The van der Waals surface area contributed by atoms with Gasteiger partial charge in [-0.3, -0.25) is 10.1 Å². The zero-order valence-electron chi connectivity index (χ0n) is 13.3. The highest BCUT2D eigenvalue weighted by Crippen LogP contribution is 2.31. The van der Waals surface area contributed by atoms with Crippen molar-refractivity contribution in [2.45, 2.75) is 58.8 Å². The highest BCUT2D eigenvalue weighted by Gasteiger charge is 2.43. The molecule has 2 rings (SSSR count). The number of nitrogens with zero attached hydrogens (tertiary/aromatic N) is 1. The van der Waals surface area contributed by atoms with E-state index in [0.717, 1.165) is 18.4 Å². The molecule has 1 heterocycles. The zero-order valence-corrected chi connectivity index (χ0v) is 13.3. The minimum atomic E-state index is -0.266. The molecule has 0 radical (unpaired) electrons. The van der Waals surface area contributed by atoms with E-state index >= 15 is 0 Å². The molecular formula is C17H25FN2O. The van der Waals surface area contributed by atoms with Gasteiger partial charge in [-0.05, 0) is 37.0 Å². The summed E-state index contributed by atoms with van der Waals surface area (Å²) in [6.45, 7) is 8.28. The number of hydrogen-bond acceptors (Lipinski definition) is 2. The molecule has 1 aromatic carbocycles. The van der Waals surface area contributed by atoms with Gasteiger partial charge in [-0.2, -0.15) is 0 Å². The van der Waals surface area contributed by atoms with Crippen LogP contribution < -0.4 is 5.32 Å². The number of nitrogens with one attached hydrogen (secondary N) is 1. The van der Waals surface area contributed by atoms with Crippen molar-refractivity contribution in [1.82, 2.24) is 10.2 Å². The van der Waals surface area contributed by atoms with Crippen LogP contribution in [0.5, 0.6) is 0 Å². The molecule has 116 valence electrons. The second-order valence-electron chi connectivity index (χ2n) is 5.99. The second kappa shape index (κ2) is 6.56. The van der Waals surface area contributed by atoms with Gasteiger partial charge in [0.2, 0.25) is 5.91 Å². The van der Waals surface area contributed by atoms with Crippen LogP contribution >= 0.6 is 0 Å². The summed E-state index contributed by atoms with van der Waals surface area (Å²) in [5.74, 6) is 0.133. The normalized spacial score (nSPS) is 25.2. The van der Waals surface area contributed by atoms with Gasteiger partial charge in [-0.25, -0.2) is 4.39 Å². The number of carbonyl (C=O) groups is 1. The maximum Gasteiger partial charge on any atom is 0.241 e. The van der Waals surface area contributed by atoms with Crippen LogP contribution in [0.15, 0.2) is 24.3 Å². The Hall–Kier alpha value is -1.42. The van der Waals surface area contributed by atoms with E-state index < -0.39 is 0 Å². The van der Waals surface area contributed by atoms with Crippen LogP contribution in [0.3, 0.4) is 0 Å². The third-order valence-corrected chi connectivity index (χ3v) is 4.58. The van der Waals surface area contributed by atoms with Gasteiger partial charge in [-0.1, -0.05) is 39.3 Å². The van der Waals surface area contributed by atoms with Crippen LogP contribution in [-0.4, -0.2) is 22.9 Å². The molecule has 1 amide bonds. The van der Waals surface area contributed by atoms with E-state index in [1.165, 1.54) is 12.1 Å². The van der Waals surface area contributed by atoms with Crippen LogP contribution in [-0.2, 0) is 4.79 Å². The molecule has 1 saturated heterocycles. The Morgan fingerprint density at radius 3 is 2.57 bits per heavy atom. The Balaban J connectivity index is 2.35. The smallest absolute Gasteiger partial charge is 0.241 e. The van der Waals surface area contributed by atoms with Gasteiger partial charge in [0.05, 0.1) is 6.04 Å². The van der Waals surface area contributed by atoms with Crippen molar-refractivity contribution in [2.75, 3.05) is 0 Å². The zero-order chi connectivity index (χ0) is 15.6. The summed E-state index contributed by atoms with van der Waals surface area (Å²) in [5, 5.41) is 3.41. The SMILES string of the molecule is CCC(C)C1NC(c2cccc(F)c2)N(C(C)CC)C1=O. The molecule has 3 nitrogen and oxygen atoms in total. The first-order chi connectivity index (χ1) is 9.99. The second-order valence-corrected chi connectivity index (χ2v) is 5.99. The van der Waals surface area contributed by atoms with Crippen molar-refractivity contribution in [3.05, 3.63) is 35.6 Å². The minimum Gasteiger partial charge on any atom is -0.319 e. The molecular weight excluding hydrogens is 267 g/mol. The average Bonchev–Trinajstić information content (AvgIpc) is 2.83. The molecule has 1 N–H and O–H groups in total. The topological polar surface area (TPSA) is 32.3 Å². The maximum absolute atomic E-state index is 13.5. The van der Waals surface area contributed by atoms with Crippen molar-refractivity contribution < 1.29 is 9.18 Å². The number of benzene rings is 1. The van der Waals surface area contributed by atoms with Crippen molar-refractivity contribution in [3.8, 4) is 0 Å². The molecule has 1 aliphatic rings. The molecule has 4 heteroatoms. The molecule has 1 fully saturated rings. The van der Waals surface area contributed by atoms with Gasteiger partial charge in [0.1, 0.15) is 12.0 Å². The summed E-state index contributed by atoms with van der Waals surface area (Å²) in [6.07, 6.45) is 1.59. The quantitative estimate of drug-likeness (QED) is 0.901. The van der Waals surface area contributed by atoms with Crippen molar-refractivity contribution in [2.24, 2.45) is 5.92 Å². The summed E-state index contributed by atoms with van der Waals surface area (Å²) in [7, 11) is 0. The molecule has 0 spiro atoms. The molecule has 0 bridgehead atoms. The highest BCUT2D eigenvalue weighted by atomic mass is 19.1. The van der Waals surface area contributed by atoms with Crippen molar-refractivity contribution in [1.29, 1.82) is 0 Å². The Labute approximate surface area is 126 Å². The van der Waals surface area contributed by atoms with E-state index in [1.807, 2.05) is 17.9 Å². The largest absolute Gasteiger partial charge is 0.319 e. The Bertz CT molecular complexity index is 505. The van der Waals surface area contributed by atoms with Gasteiger partial charge in [0.25, 0.3) is 0 Å². The molecule has 1 aromatic rings. The molecule has 0 aromatic heterocycles. The number of amides is 1. The lowest BCUT2D eigenvalue weighted by Crippen LogP contribution is -2.39. The van der Waals surface area contributed by atoms with Crippen LogP contribution in [0, 0.1) is 11.7 Å². The lowest BCUT2D eigenvalue weighted by atomic mass is 9.99. The summed E-state index contributed by atoms with van der Waals surface area (Å²) in [4.78, 5) is 14.6. The van der Waals surface area contributed by atoms with Gasteiger partial charge in [-0.15, -0.1) is 0 Å². The van der Waals surface area contributed by atoms with Gasteiger partial charge < -0.3 is 4.90 Å². The highest BCUT2D eigenvalue weighted by molar-refractivity contribution is 5.85. The molecule has 4 unspecified atom stereocenters. The summed E-state index contributed by atoms with van der Waals surface area (Å²) >= 11 is 0. The number of hydrogen-bond donors (Lipinski definition) is 1. The van der Waals surface area contributed by atoms with Crippen molar-refractivity contribution in [3.63, 3.8) is 0 Å². The van der Waals surface area contributed by atoms with E-state index in [9.17, 15) is 9.18 Å². The van der Waals surface area contributed by atoms with E-state index in [1.54, 1.807) is 6.07 Å². The predicted octanol–water partition coefficient (Wildman–Crippen LogP) is 3.47. The van der Waals surface area contributed by atoms with Crippen LogP contribution in [0.1, 0.15) is 52.3 Å². The Kier molecular flexibility index (Phi) is 4.99. The van der Waals surface area contributed by atoms with E-state index in [-0.39, 0.29) is 35.9 Å². The maximum atomic E-state index is 13.5. The van der Waals surface area contributed by atoms with Gasteiger partial charge in [0, 0.05) is 6.04 Å². The number of rotatable bonds is 5. The predicted molar refractivity (Wildman–Crippen MR) is 82.1 cm³/mol. The standard InChI is InChI=1S/C17H25FN2O/c1-5-11(3)15-17(21)20(12(4)6-2)16(19-15)13-8-7-9-14(18)10-13/h7-12,15-16,19H,5-6H2,1-4H3. The lowest BCUT2D eigenvalue weighted by Gasteiger charge is -2.30. The van der Waals surface area contributed by atoms with Crippen LogP contribution in [0.2, 0.25) is 0 Å². The molecule has 0 aliphatic carbocycles. The summed E-state index contributed by atoms with van der Waals surface area (Å²) < 4.78 is 13.5. The number of halogens is 1. The molecule has 4 atom stereocenters. The van der Waals surface area contributed by atoms with Gasteiger partial charge >= 0.3 is 0 Å². The van der Waals surface area contributed by atoms with Crippen LogP contribution in [0.25, 0.3) is 0 Å². The summed E-state index contributed by atoms with van der Waals surface area (Å²) in [6, 6.07) is 6.47. The lowest BCUT2D eigenvalue weighted by molar-refractivity contribution is -0.133. The third kappa shape index (κ3) is 3.10. The molecule has 21 heavy (non-hydrogen) atoms. The molecule has 0 saturated carbocycles. The van der Waals surface area contributed by atoms with E-state index in [4.69, 9.17) is 0 Å². The van der Waals surface area contributed by atoms with E-state index in [0.29, 0.717) is 0 Å². The van der Waals surface area contributed by atoms with Crippen LogP contribution in [0.4, 0.5) is 4.39 Å². The fraction of sp³-hybridized carbons (Fsp3) is 0.588. The monoisotopic (exact) mass is 292 g/mol. The first-order valence-corrected chi connectivity index (χ1v) is 7.83. The Morgan fingerprint density at radius 2 is 2.00 bits per heavy atom. The average molecular weight is 292 g/mol. The Morgan fingerprint density at radius 1 is 1.29 bits per heavy atom. The fourth-order valence-electron chi connectivity index (χ4n) is 2.85. The van der Waals surface area contributed by atoms with E-state index in [2.05, 4.69) is 26.1 Å². The minimum absolute atomic E-state index is 0.132. The third-order valence-electron chi connectivity index (χ3n) is 4.58. The number of carbonyl (C=O) groups excluding carboxylic acids is 1. The van der Waals surface area contributed by atoms with Gasteiger partial charge in [0.15, 0.2) is 0 Å².